The van der Waals surface area contributed by atoms with Crippen LogP contribution in [0.1, 0.15) is 12.6 Å². The van der Waals surface area contributed by atoms with Crippen LogP contribution >= 0.6 is 11.8 Å². The second-order valence-corrected chi connectivity index (χ2v) is 5.28. The lowest BCUT2D eigenvalue weighted by Gasteiger charge is -1.99. The van der Waals surface area contributed by atoms with Gasteiger partial charge in [-0.3, -0.25) is 4.79 Å². The van der Waals surface area contributed by atoms with Crippen molar-refractivity contribution < 1.29 is 21.8 Å². The van der Waals surface area contributed by atoms with Gasteiger partial charge in [-0.25, -0.2) is 9.55 Å². The van der Waals surface area contributed by atoms with E-state index in [1.54, 1.807) is 18.7 Å². The summed E-state index contributed by atoms with van der Waals surface area (Å²) < 4.78 is 2.11. The molecular formula is C14H17ClN2OS. The van der Waals surface area contributed by atoms with E-state index in [2.05, 4.69) is 28.6 Å². The molecule has 2 rings (SSSR count). The first-order valence-electron chi connectivity index (χ1n) is 5.86. The number of rotatable bonds is 4. The Hall–Kier alpha value is -1.26. The number of aromatic amines is 1. The van der Waals surface area contributed by atoms with Crippen LogP contribution in [0.15, 0.2) is 35.5 Å². The largest absolute Gasteiger partial charge is 1.00 e. The topological polar surface area (TPSA) is 36.7 Å². The Morgan fingerprint density at radius 1 is 1.32 bits per heavy atom. The van der Waals surface area contributed by atoms with Crippen molar-refractivity contribution in [3.63, 3.8) is 0 Å². The Labute approximate surface area is 123 Å². The molecule has 0 unspecified atom stereocenters. The smallest absolute Gasteiger partial charge is 0.316 e. The maximum atomic E-state index is 11.0. The maximum Gasteiger partial charge on any atom is 0.316 e. The number of Topliss-reactive ketones (excluding diaryl/α,β-unsaturated/α-hetero) is 1. The Morgan fingerprint density at radius 3 is 2.53 bits per heavy atom. The predicted molar refractivity (Wildman–Crippen MR) is 73.5 cm³/mol. The molecule has 1 aromatic heterocycles. The van der Waals surface area contributed by atoms with E-state index >= 15 is 0 Å². The zero-order valence-corrected chi connectivity index (χ0v) is 12.8. The van der Waals surface area contributed by atoms with Crippen LogP contribution in [-0.4, -0.2) is 16.5 Å². The van der Waals surface area contributed by atoms with E-state index in [0.29, 0.717) is 5.75 Å². The minimum absolute atomic E-state index is 0. The van der Waals surface area contributed by atoms with Gasteiger partial charge >= 0.3 is 5.16 Å². The number of thioether (sulfide) groups is 1. The first kappa shape index (κ1) is 15.8. The van der Waals surface area contributed by atoms with Crippen LogP contribution in [0.25, 0.3) is 11.3 Å². The Balaban J connectivity index is 0.00000180. The second kappa shape index (κ2) is 6.78. The number of nitrogens with zero attached hydrogens (tertiary/aromatic N) is 1. The molecule has 1 heterocycles. The molecule has 2 aromatic rings. The normalized spacial score (nSPS) is 10.1. The van der Waals surface area contributed by atoms with Crippen molar-refractivity contribution in [3.8, 4) is 11.3 Å². The summed E-state index contributed by atoms with van der Waals surface area (Å²) in [5.74, 6) is 0.690. The van der Waals surface area contributed by atoms with E-state index in [1.165, 1.54) is 11.3 Å². The number of aromatic nitrogens is 2. The minimum atomic E-state index is 0. The molecule has 102 valence electrons. The zero-order valence-electron chi connectivity index (χ0n) is 11.2. The molecule has 0 aliphatic heterocycles. The van der Waals surface area contributed by atoms with Crippen molar-refractivity contribution in [2.75, 3.05) is 5.75 Å². The number of carbonyl (C=O) groups is 1. The SMILES string of the molecule is CC(=O)CSc1[nH]c(C)c(-c2ccccc2)[n+]1C.[Cl-]. The molecule has 0 saturated carbocycles. The summed E-state index contributed by atoms with van der Waals surface area (Å²) in [4.78, 5) is 14.4. The highest BCUT2D eigenvalue weighted by Gasteiger charge is 2.21. The van der Waals surface area contributed by atoms with E-state index in [1.807, 2.05) is 25.2 Å². The standard InChI is InChI=1S/C14H16N2OS.ClH/c1-10(17)9-18-14-15-11(2)13(16(14)3)12-7-5-4-6-8-12;/h4-8H,9H2,1-3H3;1H. The number of halogens is 1. The van der Waals surface area contributed by atoms with Crippen LogP contribution in [0.4, 0.5) is 0 Å². The monoisotopic (exact) mass is 296 g/mol. The molecule has 5 heteroatoms. The lowest BCUT2D eigenvalue weighted by molar-refractivity contribution is -0.697. The summed E-state index contributed by atoms with van der Waals surface area (Å²) in [6, 6.07) is 10.3. The predicted octanol–water partition coefficient (Wildman–Crippen LogP) is -0.500. The highest BCUT2D eigenvalue weighted by molar-refractivity contribution is 7.99. The summed E-state index contributed by atoms with van der Waals surface area (Å²) in [5, 5.41) is 1.02. The molecule has 1 aromatic carbocycles. The second-order valence-electron chi connectivity index (χ2n) is 4.32. The van der Waals surface area contributed by atoms with Crippen molar-refractivity contribution in [1.82, 2.24) is 4.98 Å². The van der Waals surface area contributed by atoms with E-state index in [0.717, 1.165) is 10.9 Å². The quantitative estimate of drug-likeness (QED) is 0.610. The van der Waals surface area contributed by atoms with Gasteiger partial charge in [-0.15, -0.1) is 0 Å². The van der Waals surface area contributed by atoms with E-state index < -0.39 is 0 Å². The fraction of sp³-hybridized carbons (Fsp3) is 0.286. The van der Waals surface area contributed by atoms with Crippen LogP contribution < -0.4 is 17.0 Å². The third-order valence-electron chi connectivity index (χ3n) is 2.75. The number of ketones is 1. The van der Waals surface area contributed by atoms with Crippen molar-refractivity contribution in [2.45, 2.75) is 19.0 Å². The molecule has 0 aliphatic carbocycles. The molecule has 19 heavy (non-hydrogen) atoms. The van der Waals surface area contributed by atoms with Crippen LogP contribution in [-0.2, 0) is 11.8 Å². The van der Waals surface area contributed by atoms with Crippen LogP contribution in [0.5, 0.6) is 0 Å². The first-order valence-corrected chi connectivity index (χ1v) is 6.84. The number of H-pyrrole nitrogens is 1. The lowest BCUT2D eigenvalue weighted by atomic mass is 10.1. The van der Waals surface area contributed by atoms with Gasteiger partial charge in [-0.05, 0) is 18.7 Å². The fourth-order valence-corrected chi connectivity index (χ4v) is 2.82. The molecule has 0 saturated heterocycles. The fourth-order valence-electron chi connectivity index (χ4n) is 1.97. The third kappa shape index (κ3) is 3.61. The molecule has 3 nitrogen and oxygen atoms in total. The van der Waals surface area contributed by atoms with Gasteiger partial charge in [0.1, 0.15) is 11.5 Å². The lowest BCUT2D eigenvalue weighted by Crippen LogP contribution is -3.00. The summed E-state index contributed by atoms with van der Waals surface area (Å²) in [6.07, 6.45) is 0. The number of hydrogen-bond donors (Lipinski definition) is 1. The number of hydrogen-bond acceptors (Lipinski definition) is 2. The molecule has 0 aliphatic rings. The van der Waals surface area contributed by atoms with Gasteiger partial charge < -0.3 is 12.4 Å². The minimum Gasteiger partial charge on any atom is -1.00 e. The van der Waals surface area contributed by atoms with Gasteiger partial charge in [0, 0.05) is 12.5 Å². The third-order valence-corrected chi connectivity index (χ3v) is 3.95. The zero-order chi connectivity index (χ0) is 13.1. The van der Waals surface area contributed by atoms with Crippen molar-refractivity contribution in [3.05, 3.63) is 36.0 Å². The molecule has 0 spiro atoms. The van der Waals surface area contributed by atoms with Crippen molar-refractivity contribution in [1.29, 1.82) is 0 Å². The molecule has 0 amide bonds. The summed E-state index contributed by atoms with van der Waals surface area (Å²) >= 11 is 1.54. The Bertz CT molecular complexity index is 566. The number of carbonyl (C=O) groups excluding carboxylic acids is 1. The summed E-state index contributed by atoms with van der Waals surface area (Å²) in [5.41, 5.74) is 3.47. The van der Waals surface area contributed by atoms with Crippen LogP contribution in [0.3, 0.4) is 0 Å². The summed E-state index contributed by atoms with van der Waals surface area (Å²) in [7, 11) is 2.02. The first-order chi connectivity index (χ1) is 8.59. The molecular weight excluding hydrogens is 280 g/mol. The number of aryl methyl sites for hydroxylation is 1. The van der Waals surface area contributed by atoms with Gasteiger partial charge in [-0.1, -0.05) is 30.3 Å². The van der Waals surface area contributed by atoms with Gasteiger partial charge in [0.2, 0.25) is 0 Å². The summed E-state index contributed by atoms with van der Waals surface area (Å²) in [6.45, 7) is 3.67. The molecule has 0 atom stereocenters. The van der Waals surface area contributed by atoms with Gasteiger partial charge in [0.05, 0.1) is 12.8 Å². The van der Waals surface area contributed by atoms with Crippen molar-refractivity contribution >= 4 is 17.5 Å². The highest BCUT2D eigenvalue weighted by atomic mass is 35.5. The highest BCUT2D eigenvalue weighted by Crippen LogP contribution is 2.22. The van der Waals surface area contributed by atoms with Crippen LogP contribution in [0, 0.1) is 6.92 Å². The van der Waals surface area contributed by atoms with Gasteiger partial charge in [0.15, 0.2) is 5.69 Å². The van der Waals surface area contributed by atoms with E-state index in [-0.39, 0.29) is 18.2 Å². The molecule has 0 fully saturated rings. The van der Waals surface area contributed by atoms with Crippen molar-refractivity contribution in [2.24, 2.45) is 7.05 Å². The Morgan fingerprint density at radius 2 is 1.95 bits per heavy atom. The van der Waals surface area contributed by atoms with E-state index in [9.17, 15) is 4.79 Å². The number of benzene rings is 1. The van der Waals surface area contributed by atoms with Crippen LogP contribution in [0.2, 0.25) is 0 Å². The van der Waals surface area contributed by atoms with E-state index in [4.69, 9.17) is 0 Å². The maximum absolute atomic E-state index is 11.0. The van der Waals surface area contributed by atoms with Gasteiger partial charge in [-0.2, -0.15) is 0 Å². The average Bonchev–Trinajstić information content (AvgIpc) is 2.63. The molecule has 1 N–H and O–H groups in total. The molecule has 0 radical (unpaired) electrons. The Kier molecular flexibility index (Phi) is 5.63. The number of imidazole rings is 1. The number of nitrogens with one attached hydrogen (secondary N) is 1. The van der Waals surface area contributed by atoms with Gasteiger partial charge in [0.25, 0.3) is 0 Å². The average molecular weight is 297 g/mol. The molecule has 0 bridgehead atoms.